The number of nitrogens with one attached hydrogen (secondary N) is 1. The van der Waals surface area contributed by atoms with E-state index in [2.05, 4.69) is 4.72 Å². The summed E-state index contributed by atoms with van der Waals surface area (Å²) in [5.74, 6) is 0. The van der Waals surface area contributed by atoms with Crippen molar-refractivity contribution in [3.8, 4) is 0 Å². The van der Waals surface area contributed by atoms with E-state index in [0.29, 0.717) is 26.1 Å². The summed E-state index contributed by atoms with van der Waals surface area (Å²) in [4.78, 5) is 0.218. The molecule has 1 heterocycles. The molecular weight excluding hydrogens is 312 g/mol. The van der Waals surface area contributed by atoms with Crippen LogP contribution in [0.25, 0.3) is 0 Å². The van der Waals surface area contributed by atoms with E-state index < -0.39 is 20.0 Å². The van der Waals surface area contributed by atoms with E-state index in [0.717, 1.165) is 12.8 Å². The van der Waals surface area contributed by atoms with E-state index in [1.165, 1.54) is 28.6 Å². The van der Waals surface area contributed by atoms with Gasteiger partial charge in [-0.15, -0.1) is 0 Å². The highest BCUT2D eigenvalue weighted by molar-refractivity contribution is 7.89. The van der Waals surface area contributed by atoms with Crippen molar-refractivity contribution in [3.05, 3.63) is 24.3 Å². The summed E-state index contributed by atoms with van der Waals surface area (Å²) in [5.41, 5.74) is 0. The minimum atomic E-state index is -3.56. The summed E-state index contributed by atoms with van der Waals surface area (Å²) < 4.78 is 52.4. The summed E-state index contributed by atoms with van der Waals surface area (Å²) >= 11 is 0. The van der Waals surface area contributed by atoms with Gasteiger partial charge in [-0.1, -0.05) is 6.92 Å². The Morgan fingerprint density at radius 1 is 1.00 bits per heavy atom. The van der Waals surface area contributed by atoms with E-state index >= 15 is 0 Å². The first-order valence-electron chi connectivity index (χ1n) is 6.98. The molecule has 0 bridgehead atoms. The van der Waals surface area contributed by atoms with Gasteiger partial charge >= 0.3 is 0 Å². The third-order valence-electron chi connectivity index (χ3n) is 3.38. The lowest BCUT2D eigenvalue weighted by Crippen LogP contribution is -2.28. The molecule has 1 saturated heterocycles. The fourth-order valence-corrected chi connectivity index (χ4v) is 4.84. The second kappa shape index (κ2) is 6.43. The quantitative estimate of drug-likeness (QED) is 0.847. The molecule has 1 aromatic rings. The molecule has 8 heteroatoms. The van der Waals surface area contributed by atoms with Crippen LogP contribution in [0.2, 0.25) is 0 Å². The van der Waals surface area contributed by atoms with Crippen LogP contribution in [-0.2, 0) is 20.0 Å². The van der Waals surface area contributed by atoms with Crippen LogP contribution in [0.5, 0.6) is 0 Å². The molecule has 0 atom stereocenters. The van der Waals surface area contributed by atoms with Gasteiger partial charge in [0.05, 0.1) is 9.79 Å². The van der Waals surface area contributed by atoms with Crippen molar-refractivity contribution in [3.63, 3.8) is 0 Å². The Bertz CT molecular complexity index is 675. The highest BCUT2D eigenvalue weighted by atomic mass is 32.2. The van der Waals surface area contributed by atoms with Crippen molar-refractivity contribution >= 4 is 20.0 Å². The zero-order valence-corrected chi connectivity index (χ0v) is 13.6. The van der Waals surface area contributed by atoms with Crippen molar-refractivity contribution in [1.29, 1.82) is 0 Å². The molecule has 0 aromatic heterocycles. The monoisotopic (exact) mass is 332 g/mol. The van der Waals surface area contributed by atoms with Gasteiger partial charge < -0.3 is 0 Å². The minimum absolute atomic E-state index is 0.0799. The van der Waals surface area contributed by atoms with Gasteiger partial charge in [-0.3, -0.25) is 0 Å². The summed E-state index contributed by atoms with van der Waals surface area (Å²) in [7, 11) is -7.06. The first-order chi connectivity index (χ1) is 9.88. The zero-order chi connectivity index (χ0) is 15.5. The average Bonchev–Trinajstić information content (AvgIpc) is 3.00. The van der Waals surface area contributed by atoms with Crippen LogP contribution in [0.4, 0.5) is 0 Å². The molecule has 1 fully saturated rings. The average molecular weight is 332 g/mol. The Morgan fingerprint density at radius 2 is 1.52 bits per heavy atom. The molecule has 0 aliphatic carbocycles. The number of hydrogen-bond donors (Lipinski definition) is 1. The van der Waals surface area contributed by atoms with Crippen LogP contribution in [0, 0.1) is 0 Å². The Balaban J connectivity index is 2.23. The summed E-state index contributed by atoms with van der Waals surface area (Å²) in [6.07, 6.45) is 2.43. The summed E-state index contributed by atoms with van der Waals surface area (Å²) in [6, 6.07) is 5.38. The number of rotatable bonds is 6. The molecule has 118 valence electrons. The van der Waals surface area contributed by atoms with Gasteiger partial charge in [-0.25, -0.2) is 21.6 Å². The number of sulfonamides is 2. The molecule has 0 saturated carbocycles. The summed E-state index contributed by atoms with van der Waals surface area (Å²) in [6.45, 7) is 3.28. The number of nitrogens with zero attached hydrogens (tertiary/aromatic N) is 1. The first-order valence-corrected chi connectivity index (χ1v) is 9.90. The van der Waals surface area contributed by atoms with Gasteiger partial charge in [-0.05, 0) is 43.5 Å². The van der Waals surface area contributed by atoms with Gasteiger partial charge in [-0.2, -0.15) is 4.31 Å². The van der Waals surface area contributed by atoms with Crippen molar-refractivity contribution in [1.82, 2.24) is 9.03 Å². The fraction of sp³-hybridized carbons (Fsp3) is 0.538. The Hall–Kier alpha value is -0.960. The highest BCUT2D eigenvalue weighted by Crippen LogP contribution is 2.22. The van der Waals surface area contributed by atoms with Crippen LogP contribution in [0.15, 0.2) is 34.1 Å². The van der Waals surface area contributed by atoms with Crippen molar-refractivity contribution in [2.75, 3.05) is 19.6 Å². The van der Waals surface area contributed by atoms with Crippen LogP contribution in [0.3, 0.4) is 0 Å². The predicted molar refractivity (Wildman–Crippen MR) is 79.9 cm³/mol. The van der Waals surface area contributed by atoms with Crippen molar-refractivity contribution in [2.24, 2.45) is 0 Å². The summed E-state index contributed by atoms with van der Waals surface area (Å²) in [5, 5.41) is 0. The minimum Gasteiger partial charge on any atom is -0.211 e. The molecule has 1 aliphatic rings. The Morgan fingerprint density at radius 3 is 2.05 bits per heavy atom. The molecule has 21 heavy (non-hydrogen) atoms. The third-order valence-corrected chi connectivity index (χ3v) is 6.77. The van der Waals surface area contributed by atoms with E-state index in [1.807, 2.05) is 6.92 Å². The maximum Gasteiger partial charge on any atom is 0.243 e. The van der Waals surface area contributed by atoms with Gasteiger partial charge in [0.25, 0.3) is 0 Å². The van der Waals surface area contributed by atoms with Crippen molar-refractivity contribution in [2.45, 2.75) is 36.0 Å². The Labute approximate surface area is 126 Å². The third kappa shape index (κ3) is 3.63. The number of benzene rings is 1. The molecule has 0 radical (unpaired) electrons. The lowest BCUT2D eigenvalue weighted by atomic mass is 10.4. The number of hydrogen-bond acceptors (Lipinski definition) is 4. The topological polar surface area (TPSA) is 83.5 Å². The highest BCUT2D eigenvalue weighted by Gasteiger charge is 2.27. The van der Waals surface area contributed by atoms with Gasteiger partial charge in [0.2, 0.25) is 20.0 Å². The van der Waals surface area contributed by atoms with Crippen LogP contribution >= 0.6 is 0 Å². The molecule has 6 nitrogen and oxygen atoms in total. The smallest absolute Gasteiger partial charge is 0.211 e. The lowest BCUT2D eigenvalue weighted by molar-refractivity contribution is 0.477. The van der Waals surface area contributed by atoms with E-state index in [1.54, 1.807) is 0 Å². The maximum atomic E-state index is 12.3. The first kappa shape index (κ1) is 16.4. The standard InChI is InChI=1S/C13H20N2O4S2/c1-2-9-14-20(16,17)12-5-7-13(8-6-12)21(18,19)15-10-3-4-11-15/h5-8,14H,2-4,9-11H2,1H3. The van der Waals surface area contributed by atoms with Crippen molar-refractivity contribution < 1.29 is 16.8 Å². The molecule has 1 aliphatic heterocycles. The molecule has 2 rings (SSSR count). The molecular formula is C13H20N2O4S2. The lowest BCUT2D eigenvalue weighted by Gasteiger charge is -2.15. The fourth-order valence-electron chi connectivity index (χ4n) is 2.19. The normalized spacial score (nSPS) is 17.2. The van der Waals surface area contributed by atoms with Gasteiger partial charge in [0, 0.05) is 19.6 Å². The zero-order valence-electron chi connectivity index (χ0n) is 11.9. The van der Waals surface area contributed by atoms with E-state index in [4.69, 9.17) is 0 Å². The largest absolute Gasteiger partial charge is 0.243 e. The second-order valence-electron chi connectivity index (χ2n) is 4.98. The van der Waals surface area contributed by atoms with Gasteiger partial charge in [0.1, 0.15) is 0 Å². The van der Waals surface area contributed by atoms with Crippen LogP contribution in [0.1, 0.15) is 26.2 Å². The van der Waals surface area contributed by atoms with E-state index in [-0.39, 0.29) is 9.79 Å². The maximum absolute atomic E-state index is 12.3. The molecule has 0 amide bonds. The Kier molecular flexibility index (Phi) is 5.03. The van der Waals surface area contributed by atoms with Gasteiger partial charge in [0.15, 0.2) is 0 Å². The molecule has 1 aromatic carbocycles. The predicted octanol–water partition coefficient (Wildman–Crippen LogP) is 1.16. The van der Waals surface area contributed by atoms with Crippen LogP contribution < -0.4 is 4.72 Å². The SMILES string of the molecule is CCCNS(=O)(=O)c1ccc(S(=O)(=O)N2CCCC2)cc1. The molecule has 0 unspecified atom stereocenters. The second-order valence-corrected chi connectivity index (χ2v) is 8.69. The van der Waals surface area contributed by atoms with E-state index in [9.17, 15) is 16.8 Å². The molecule has 1 N–H and O–H groups in total. The van der Waals surface area contributed by atoms with Crippen LogP contribution in [-0.4, -0.2) is 40.8 Å². The molecule has 0 spiro atoms.